The molecular formula is C24H34NO2+. The second kappa shape index (κ2) is 8.45. The van der Waals surface area contributed by atoms with Crippen molar-refractivity contribution in [1.29, 1.82) is 0 Å². The van der Waals surface area contributed by atoms with E-state index in [-0.39, 0.29) is 11.0 Å². The van der Waals surface area contributed by atoms with Gasteiger partial charge in [-0.2, -0.15) is 0 Å². The van der Waals surface area contributed by atoms with Gasteiger partial charge < -0.3 is 14.8 Å². The molecule has 2 atom stereocenters. The quantitative estimate of drug-likeness (QED) is 0.793. The molecule has 1 aliphatic rings. The summed E-state index contributed by atoms with van der Waals surface area (Å²) in [6, 6.07) is 19.9. The van der Waals surface area contributed by atoms with E-state index in [0.717, 1.165) is 31.7 Å². The zero-order chi connectivity index (χ0) is 19.3. The molecule has 0 bridgehead atoms. The fourth-order valence-electron chi connectivity index (χ4n) is 4.53. The van der Waals surface area contributed by atoms with Crippen molar-refractivity contribution >= 4 is 0 Å². The largest absolute Gasteiger partial charge is 0.497 e. The van der Waals surface area contributed by atoms with E-state index in [4.69, 9.17) is 9.47 Å². The molecule has 2 aromatic carbocycles. The molecule has 1 aliphatic heterocycles. The number of rotatable bonds is 7. The minimum absolute atomic E-state index is 0.0598. The van der Waals surface area contributed by atoms with E-state index in [1.54, 1.807) is 7.11 Å². The molecule has 27 heavy (non-hydrogen) atoms. The Hall–Kier alpha value is -1.84. The fraction of sp³-hybridized carbons (Fsp3) is 0.500. The van der Waals surface area contributed by atoms with Gasteiger partial charge in [-0.3, -0.25) is 0 Å². The molecule has 3 rings (SSSR count). The lowest BCUT2D eigenvalue weighted by atomic mass is 9.67. The van der Waals surface area contributed by atoms with Crippen molar-refractivity contribution < 1.29 is 14.8 Å². The van der Waals surface area contributed by atoms with E-state index in [0.29, 0.717) is 6.04 Å². The summed E-state index contributed by atoms with van der Waals surface area (Å²) in [5.41, 5.74) is 2.96. The number of hydrogen-bond donors (Lipinski definition) is 1. The Labute approximate surface area is 164 Å². The summed E-state index contributed by atoms with van der Waals surface area (Å²) in [5, 5.41) is 2.47. The van der Waals surface area contributed by atoms with Crippen molar-refractivity contribution in [2.75, 3.05) is 20.3 Å². The van der Waals surface area contributed by atoms with Crippen LogP contribution in [-0.2, 0) is 10.2 Å². The number of nitrogens with two attached hydrogens (primary N) is 1. The molecule has 1 heterocycles. The van der Waals surface area contributed by atoms with Gasteiger partial charge in [-0.15, -0.1) is 0 Å². The highest BCUT2D eigenvalue weighted by atomic mass is 16.5. The van der Waals surface area contributed by atoms with Crippen LogP contribution in [0, 0.1) is 0 Å². The normalized spacial score (nSPS) is 23.0. The predicted molar refractivity (Wildman–Crippen MR) is 110 cm³/mol. The molecule has 1 fully saturated rings. The summed E-state index contributed by atoms with van der Waals surface area (Å²) in [6.45, 7) is 8.69. The first kappa shape index (κ1) is 19.9. The van der Waals surface area contributed by atoms with Gasteiger partial charge in [-0.05, 0) is 63.4 Å². The van der Waals surface area contributed by atoms with Gasteiger partial charge in [0.05, 0.1) is 19.3 Å². The molecule has 146 valence electrons. The first-order chi connectivity index (χ1) is 12.9. The van der Waals surface area contributed by atoms with E-state index in [1.165, 1.54) is 17.5 Å². The molecule has 0 unspecified atom stereocenters. The number of hydrogen-bond acceptors (Lipinski definition) is 2. The smallest absolute Gasteiger partial charge is 0.118 e. The van der Waals surface area contributed by atoms with Crippen LogP contribution in [0.25, 0.3) is 0 Å². The van der Waals surface area contributed by atoms with Crippen LogP contribution in [0.1, 0.15) is 57.2 Å². The third-order valence-electron chi connectivity index (χ3n) is 6.01. The van der Waals surface area contributed by atoms with E-state index in [1.807, 2.05) is 12.1 Å². The average molecular weight is 369 g/mol. The van der Waals surface area contributed by atoms with E-state index >= 15 is 0 Å². The van der Waals surface area contributed by atoms with Gasteiger partial charge in [-0.1, -0.05) is 30.3 Å². The molecule has 2 aromatic rings. The Morgan fingerprint density at radius 3 is 2.41 bits per heavy atom. The van der Waals surface area contributed by atoms with Gasteiger partial charge in [0.15, 0.2) is 0 Å². The maximum absolute atomic E-state index is 6.04. The summed E-state index contributed by atoms with van der Waals surface area (Å²) in [6.07, 6.45) is 3.35. The minimum Gasteiger partial charge on any atom is -0.497 e. The van der Waals surface area contributed by atoms with Crippen LogP contribution < -0.4 is 10.1 Å². The first-order valence-electron chi connectivity index (χ1n) is 10.1. The van der Waals surface area contributed by atoms with Gasteiger partial charge in [-0.25, -0.2) is 0 Å². The molecule has 0 saturated carbocycles. The summed E-state index contributed by atoms with van der Waals surface area (Å²) in [7, 11) is 1.71. The Bertz CT molecular complexity index is 711. The predicted octanol–water partition coefficient (Wildman–Crippen LogP) is 4.24. The van der Waals surface area contributed by atoms with Gasteiger partial charge in [0.2, 0.25) is 0 Å². The van der Waals surface area contributed by atoms with Crippen LogP contribution in [0.5, 0.6) is 5.75 Å². The van der Waals surface area contributed by atoms with Crippen molar-refractivity contribution in [1.82, 2.24) is 0 Å². The van der Waals surface area contributed by atoms with Crippen molar-refractivity contribution in [3.05, 3.63) is 65.7 Å². The van der Waals surface area contributed by atoms with E-state index in [2.05, 4.69) is 68.6 Å². The third-order valence-corrected chi connectivity index (χ3v) is 6.01. The minimum atomic E-state index is -0.0598. The molecule has 0 spiro atoms. The standard InChI is InChI=1S/C24H33NO2/c1-19(20-10-12-22(26-4)13-11-20)25-16-14-24(21-8-6-5-7-9-21)15-17-27-23(2,3)18-24/h5-13,19,25H,14-18H2,1-4H3/p+1/t19-,24-/m1/s1. The third kappa shape index (κ3) is 4.91. The van der Waals surface area contributed by atoms with Crippen molar-refractivity contribution in [3.8, 4) is 5.75 Å². The van der Waals surface area contributed by atoms with Gasteiger partial charge in [0.25, 0.3) is 0 Å². The number of methoxy groups -OCH3 is 1. The van der Waals surface area contributed by atoms with Crippen molar-refractivity contribution in [2.45, 2.75) is 57.1 Å². The number of benzene rings is 2. The molecule has 3 heteroatoms. The zero-order valence-electron chi connectivity index (χ0n) is 17.2. The van der Waals surface area contributed by atoms with Gasteiger partial charge in [0, 0.05) is 24.0 Å². The number of ether oxygens (including phenoxy) is 2. The summed E-state index contributed by atoms with van der Waals surface area (Å²) >= 11 is 0. The lowest BCUT2D eigenvalue weighted by molar-refractivity contribution is -0.693. The summed E-state index contributed by atoms with van der Waals surface area (Å²) in [4.78, 5) is 0. The van der Waals surface area contributed by atoms with Crippen LogP contribution >= 0.6 is 0 Å². The SMILES string of the molecule is COc1ccc([C@@H](C)[NH2+]CC[C@@]2(c3ccccc3)CCOC(C)(C)C2)cc1. The zero-order valence-corrected chi connectivity index (χ0v) is 17.2. The Balaban J connectivity index is 1.68. The molecule has 3 nitrogen and oxygen atoms in total. The maximum Gasteiger partial charge on any atom is 0.118 e. The van der Waals surface area contributed by atoms with Crippen LogP contribution in [0.15, 0.2) is 54.6 Å². The van der Waals surface area contributed by atoms with Crippen LogP contribution in [0.4, 0.5) is 0 Å². The van der Waals surface area contributed by atoms with Crippen molar-refractivity contribution in [3.63, 3.8) is 0 Å². The monoisotopic (exact) mass is 368 g/mol. The lowest BCUT2D eigenvalue weighted by Crippen LogP contribution is -2.85. The highest BCUT2D eigenvalue weighted by Gasteiger charge is 2.42. The average Bonchev–Trinajstić information content (AvgIpc) is 2.68. The second-order valence-corrected chi connectivity index (χ2v) is 8.52. The highest BCUT2D eigenvalue weighted by molar-refractivity contribution is 5.28. The first-order valence-corrected chi connectivity index (χ1v) is 10.1. The second-order valence-electron chi connectivity index (χ2n) is 8.52. The molecule has 0 amide bonds. The maximum atomic E-state index is 6.04. The van der Waals surface area contributed by atoms with E-state index in [9.17, 15) is 0 Å². The van der Waals surface area contributed by atoms with Crippen LogP contribution in [-0.4, -0.2) is 25.9 Å². The number of quaternary nitrogens is 1. The summed E-state index contributed by atoms with van der Waals surface area (Å²) < 4.78 is 11.3. The topological polar surface area (TPSA) is 35.1 Å². The lowest BCUT2D eigenvalue weighted by Gasteiger charge is -2.45. The molecule has 1 saturated heterocycles. The molecule has 0 aliphatic carbocycles. The van der Waals surface area contributed by atoms with E-state index < -0.39 is 0 Å². The molecule has 0 aromatic heterocycles. The molecular weight excluding hydrogens is 334 g/mol. The van der Waals surface area contributed by atoms with Gasteiger partial charge in [0.1, 0.15) is 11.8 Å². The highest BCUT2D eigenvalue weighted by Crippen LogP contribution is 2.43. The molecule has 0 radical (unpaired) electrons. The Morgan fingerprint density at radius 2 is 1.78 bits per heavy atom. The summed E-state index contributed by atoms with van der Waals surface area (Å²) in [5.74, 6) is 0.915. The van der Waals surface area contributed by atoms with Crippen molar-refractivity contribution in [2.24, 2.45) is 0 Å². The Kier molecular flexibility index (Phi) is 6.23. The van der Waals surface area contributed by atoms with Crippen LogP contribution in [0.3, 0.4) is 0 Å². The van der Waals surface area contributed by atoms with Crippen LogP contribution in [0.2, 0.25) is 0 Å². The fourth-order valence-corrected chi connectivity index (χ4v) is 4.53. The van der Waals surface area contributed by atoms with Gasteiger partial charge >= 0.3 is 0 Å². The molecule has 2 N–H and O–H groups in total. The Morgan fingerprint density at radius 1 is 1.07 bits per heavy atom.